The summed E-state index contributed by atoms with van der Waals surface area (Å²) in [7, 11) is 0. The van der Waals surface area contributed by atoms with Gasteiger partial charge in [0.15, 0.2) is 0 Å². The Morgan fingerprint density at radius 2 is 2.11 bits per heavy atom. The topological polar surface area (TPSA) is 9.23 Å². The van der Waals surface area contributed by atoms with Crippen molar-refractivity contribution in [3.05, 3.63) is 12.8 Å². The van der Waals surface area contributed by atoms with Crippen molar-refractivity contribution >= 4 is 0 Å². The van der Waals surface area contributed by atoms with Crippen LogP contribution in [0.15, 0.2) is 12.8 Å². The Labute approximate surface area is 55.5 Å². The van der Waals surface area contributed by atoms with Gasteiger partial charge in [-0.05, 0) is 19.3 Å². The van der Waals surface area contributed by atoms with Crippen molar-refractivity contribution in [2.45, 2.75) is 19.3 Å². The molecule has 0 radical (unpaired) electrons. The molecule has 0 atom stereocenters. The summed E-state index contributed by atoms with van der Waals surface area (Å²) in [5.41, 5.74) is 0. The molecule has 0 saturated heterocycles. The van der Waals surface area contributed by atoms with Crippen LogP contribution >= 0.6 is 0 Å². The molecule has 0 heterocycles. The molecule has 0 aliphatic rings. The molecular formula is C7H13FO. The maximum Gasteiger partial charge on any atom is 0.0894 e. The Morgan fingerprint density at radius 1 is 1.33 bits per heavy atom. The highest BCUT2D eigenvalue weighted by atomic mass is 19.1. The van der Waals surface area contributed by atoms with Crippen LogP contribution < -0.4 is 0 Å². The third-order valence-electron chi connectivity index (χ3n) is 1.01. The van der Waals surface area contributed by atoms with Crippen molar-refractivity contribution in [3.8, 4) is 0 Å². The van der Waals surface area contributed by atoms with Crippen LogP contribution in [0.2, 0.25) is 0 Å². The van der Waals surface area contributed by atoms with Gasteiger partial charge in [-0.15, -0.1) is 0 Å². The SMILES string of the molecule is C=COCCCCCF. The summed E-state index contributed by atoms with van der Waals surface area (Å²) < 4.78 is 16.3. The molecule has 1 nitrogen and oxygen atoms in total. The second kappa shape index (κ2) is 7.47. The quantitative estimate of drug-likeness (QED) is 0.398. The lowest BCUT2D eigenvalue weighted by atomic mass is 10.3. The van der Waals surface area contributed by atoms with E-state index in [0.29, 0.717) is 13.0 Å². The molecular weight excluding hydrogens is 119 g/mol. The highest BCUT2D eigenvalue weighted by Gasteiger charge is 1.85. The smallest absolute Gasteiger partial charge is 0.0894 e. The fourth-order valence-corrected chi connectivity index (χ4v) is 0.540. The van der Waals surface area contributed by atoms with E-state index in [1.807, 2.05) is 0 Å². The molecule has 0 rings (SSSR count). The first-order valence-electron chi connectivity index (χ1n) is 3.20. The first-order valence-corrected chi connectivity index (χ1v) is 3.20. The van der Waals surface area contributed by atoms with Crippen molar-refractivity contribution in [3.63, 3.8) is 0 Å². The normalized spacial score (nSPS) is 9.00. The van der Waals surface area contributed by atoms with Crippen LogP contribution in [0.25, 0.3) is 0 Å². The molecule has 0 aromatic carbocycles. The van der Waals surface area contributed by atoms with E-state index in [4.69, 9.17) is 4.74 Å². The number of hydrogen-bond donors (Lipinski definition) is 0. The molecule has 0 aliphatic heterocycles. The Bertz CT molecular complexity index is 63.9. The third kappa shape index (κ3) is 7.47. The number of hydrogen-bond acceptors (Lipinski definition) is 1. The van der Waals surface area contributed by atoms with Gasteiger partial charge in [-0.3, -0.25) is 4.39 Å². The van der Waals surface area contributed by atoms with Crippen LogP contribution in [0.3, 0.4) is 0 Å². The maximum absolute atomic E-state index is 11.4. The highest BCUT2D eigenvalue weighted by Crippen LogP contribution is 1.95. The Hall–Kier alpha value is -0.530. The molecule has 0 aliphatic carbocycles. The second-order valence-corrected chi connectivity index (χ2v) is 1.79. The maximum atomic E-state index is 11.4. The van der Waals surface area contributed by atoms with Gasteiger partial charge in [-0.1, -0.05) is 6.58 Å². The summed E-state index contributed by atoms with van der Waals surface area (Å²) in [4.78, 5) is 0. The number of halogens is 1. The first kappa shape index (κ1) is 8.47. The summed E-state index contributed by atoms with van der Waals surface area (Å²) in [6.45, 7) is 3.84. The predicted octanol–water partition coefficient (Wildman–Crippen LogP) is 2.29. The van der Waals surface area contributed by atoms with E-state index in [1.54, 1.807) is 0 Å². The molecule has 0 amide bonds. The summed E-state index contributed by atoms with van der Waals surface area (Å²) >= 11 is 0. The molecule has 0 aromatic rings. The minimum Gasteiger partial charge on any atom is -0.502 e. The van der Waals surface area contributed by atoms with E-state index in [-0.39, 0.29) is 6.67 Å². The average Bonchev–Trinajstić information content (AvgIpc) is 1.89. The minimum atomic E-state index is -0.214. The lowest BCUT2D eigenvalue weighted by molar-refractivity contribution is 0.240. The first-order chi connectivity index (χ1) is 4.41. The van der Waals surface area contributed by atoms with Crippen LogP contribution in [0.4, 0.5) is 4.39 Å². The van der Waals surface area contributed by atoms with Gasteiger partial charge in [0.1, 0.15) is 0 Å². The standard InChI is InChI=1S/C7H13FO/c1-2-9-7-5-3-4-6-8/h2H,1,3-7H2. The third-order valence-corrected chi connectivity index (χ3v) is 1.01. The zero-order chi connectivity index (χ0) is 6.95. The largest absolute Gasteiger partial charge is 0.502 e. The Morgan fingerprint density at radius 3 is 2.67 bits per heavy atom. The van der Waals surface area contributed by atoms with E-state index in [9.17, 15) is 4.39 Å². The Kier molecular flexibility index (Phi) is 7.03. The molecule has 0 saturated carbocycles. The van der Waals surface area contributed by atoms with Gasteiger partial charge in [0.25, 0.3) is 0 Å². The van der Waals surface area contributed by atoms with Crippen molar-refractivity contribution in [1.82, 2.24) is 0 Å². The summed E-state index contributed by atoms with van der Waals surface area (Å²) in [6, 6.07) is 0. The zero-order valence-electron chi connectivity index (χ0n) is 5.61. The summed E-state index contributed by atoms with van der Waals surface area (Å²) in [5.74, 6) is 0. The van der Waals surface area contributed by atoms with Crippen LogP contribution in [0.1, 0.15) is 19.3 Å². The van der Waals surface area contributed by atoms with Crippen LogP contribution in [-0.4, -0.2) is 13.3 Å². The van der Waals surface area contributed by atoms with Crippen LogP contribution in [-0.2, 0) is 4.74 Å². The fraction of sp³-hybridized carbons (Fsp3) is 0.714. The zero-order valence-corrected chi connectivity index (χ0v) is 5.61. The van der Waals surface area contributed by atoms with E-state index in [1.165, 1.54) is 6.26 Å². The van der Waals surface area contributed by atoms with Crippen LogP contribution in [0, 0.1) is 0 Å². The van der Waals surface area contributed by atoms with E-state index in [2.05, 4.69) is 6.58 Å². The van der Waals surface area contributed by atoms with Crippen molar-refractivity contribution in [2.24, 2.45) is 0 Å². The van der Waals surface area contributed by atoms with Gasteiger partial charge in [0, 0.05) is 0 Å². The van der Waals surface area contributed by atoms with E-state index in [0.717, 1.165) is 12.8 Å². The van der Waals surface area contributed by atoms with Gasteiger partial charge >= 0.3 is 0 Å². The van der Waals surface area contributed by atoms with E-state index >= 15 is 0 Å². The molecule has 0 unspecified atom stereocenters. The van der Waals surface area contributed by atoms with Gasteiger partial charge in [-0.25, -0.2) is 0 Å². The lowest BCUT2D eigenvalue weighted by Gasteiger charge is -1.96. The molecule has 0 aromatic heterocycles. The molecule has 54 valence electrons. The summed E-state index contributed by atoms with van der Waals surface area (Å²) in [6.07, 6.45) is 3.90. The minimum absolute atomic E-state index is 0.214. The van der Waals surface area contributed by atoms with Crippen molar-refractivity contribution in [1.29, 1.82) is 0 Å². The molecule has 0 fully saturated rings. The highest BCUT2D eigenvalue weighted by molar-refractivity contribution is 4.48. The molecule has 0 spiro atoms. The second-order valence-electron chi connectivity index (χ2n) is 1.79. The Balaban J connectivity index is 2.66. The molecule has 0 bridgehead atoms. The molecule has 9 heavy (non-hydrogen) atoms. The van der Waals surface area contributed by atoms with Gasteiger partial charge in [0.05, 0.1) is 19.5 Å². The summed E-state index contributed by atoms with van der Waals surface area (Å²) in [5, 5.41) is 0. The molecule has 0 N–H and O–H groups in total. The fourth-order valence-electron chi connectivity index (χ4n) is 0.540. The number of ether oxygens (including phenoxy) is 1. The van der Waals surface area contributed by atoms with Crippen molar-refractivity contribution < 1.29 is 9.13 Å². The number of alkyl halides is 1. The predicted molar refractivity (Wildman–Crippen MR) is 36.0 cm³/mol. The lowest BCUT2D eigenvalue weighted by Crippen LogP contribution is -1.87. The van der Waals surface area contributed by atoms with Gasteiger partial charge < -0.3 is 4.74 Å². The van der Waals surface area contributed by atoms with Crippen molar-refractivity contribution in [2.75, 3.05) is 13.3 Å². The van der Waals surface area contributed by atoms with Gasteiger partial charge in [-0.2, -0.15) is 0 Å². The monoisotopic (exact) mass is 132 g/mol. The van der Waals surface area contributed by atoms with Crippen LogP contribution in [0.5, 0.6) is 0 Å². The molecule has 2 heteroatoms. The van der Waals surface area contributed by atoms with E-state index < -0.39 is 0 Å². The number of rotatable bonds is 6. The van der Waals surface area contributed by atoms with Gasteiger partial charge in [0.2, 0.25) is 0 Å². The number of unbranched alkanes of at least 4 members (excludes halogenated alkanes) is 2. The average molecular weight is 132 g/mol.